The fraction of sp³-hybridized carbons (Fsp3) is 0.125. The monoisotopic (exact) mass is 452 g/mol. The molecule has 2 aliphatic heterocycles. The SMILES string of the molecule is O=C1c2ccccc2C(=O)N1CCN1c2c(ssc2=O)Sc2ssc(=O)c21. The van der Waals surface area contributed by atoms with Crippen LogP contribution in [0.5, 0.6) is 0 Å². The Bertz CT molecular complexity index is 1130. The lowest BCUT2D eigenvalue weighted by Gasteiger charge is -2.27. The van der Waals surface area contributed by atoms with Gasteiger partial charge in [-0.25, -0.2) is 0 Å². The number of hydrogen-bond acceptors (Lipinski definition) is 10. The lowest BCUT2D eigenvalue weighted by molar-refractivity contribution is 0.0659. The summed E-state index contributed by atoms with van der Waals surface area (Å²) in [4.78, 5) is 52.7. The van der Waals surface area contributed by atoms with Crippen LogP contribution in [0.3, 0.4) is 0 Å². The second kappa shape index (κ2) is 6.38. The standard InChI is InChI=1S/C16H8N2O4S5/c19-11-7-3-1-2-4-8(7)12(20)18(11)6-5-17-9-13(21)24-26-15(9)23-16-10(17)14(22)25-27-16/h1-4H,5-6H2. The van der Waals surface area contributed by atoms with Gasteiger partial charge < -0.3 is 4.90 Å². The number of benzene rings is 1. The fourth-order valence-electron chi connectivity index (χ4n) is 3.11. The van der Waals surface area contributed by atoms with Crippen molar-refractivity contribution in [1.29, 1.82) is 0 Å². The van der Waals surface area contributed by atoms with Crippen molar-refractivity contribution in [2.45, 2.75) is 8.42 Å². The Hall–Kier alpha value is -1.79. The van der Waals surface area contributed by atoms with Gasteiger partial charge in [-0.15, -0.1) is 0 Å². The van der Waals surface area contributed by atoms with Crippen LogP contribution in [0.4, 0.5) is 11.4 Å². The molecule has 6 nitrogen and oxygen atoms in total. The fourth-order valence-corrected chi connectivity index (χ4v) is 9.59. The molecule has 0 spiro atoms. The third-order valence-corrected chi connectivity index (χ3v) is 10.7. The Morgan fingerprint density at radius 3 is 1.67 bits per heavy atom. The summed E-state index contributed by atoms with van der Waals surface area (Å²) in [6, 6.07) is 6.72. The van der Waals surface area contributed by atoms with E-state index < -0.39 is 0 Å². The van der Waals surface area contributed by atoms with E-state index in [0.29, 0.717) is 22.5 Å². The molecule has 0 radical (unpaired) electrons. The van der Waals surface area contributed by atoms with Crippen molar-refractivity contribution >= 4 is 76.3 Å². The number of carbonyl (C=O) groups is 2. The van der Waals surface area contributed by atoms with Gasteiger partial charge in [-0.2, -0.15) is 0 Å². The molecule has 3 aromatic rings. The number of imide groups is 1. The van der Waals surface area contributed by atoms with Crippen LogP contribution in [-0.4, -0.2) is 29.8 Å². The third-order valence-electron chi connectivity index (χ3n) is 4.31. The van der Waals surface area contributed by atoms with E-state index in [1.54, 1.807) is 29.2 Å². The van der Waals surface area contributed by atoms with E-state index in [-0.39, 0.29) is 34.4 Å². The molecule has 0 unspecified atom stereocenters. The summed E-state index contributed by atoms with van der Waals surface area (Å²) in [5, 5.41) is 0. The average Bonchev–Trinajstić information content (AvgIpc) is 3.30. The van der Waals surface area contributed by atoms with Crippen molar-refractivity contribution in [2.75, 3.05) is 18.0 Å². The molecule has 27 heavy (non-hydrogen) atoms. The van der Waals surface area contributed by atoms with Gasteiger partial charge in [-0.05, 0) is 32.8 Å². The van der Waals surface area contributed by atoms with Gasteiger partial charge >= 0.3 is 0 Å². The lowest BCUT2D eigenvalue weighted by atomic mass is 10.1. The van der Waals surface area contributed by atoms with Crippen LogP contribution in [0.15, 0.2) is 42.3 Å². The van der Waals surface area contributed by atoms with E-state index in [0.717, 1.165) is 29.1 Å². The molecule has 136 valence electrons. The zero-order valence-corrected chi connectivity index (χ0v) is 17.4. The van der Waals surface area contributed by atoms with E-state index in [4.69, 9.17) is 0 Å². The minimum atomic E-state index is -0.339. The van der Waals surface area contributed by atoms with Crippen molar-refractivity contribution in [2.24, 2.45) is 0 Å². The number of carbonyl (C=O) groups excluding carboxylic acids is 2. The first-order valence-corrected chi connectivity index (χ1v) is 12.8. The van der Waals surface area contributed by atoms with E-state index in [9.17, 15) is 19.2 Å². The maximum atomic E-state index is 12.6. The Morgan fingerprint density at radius 1 is 0.667 bits per heavy atom. The van der Waals surface area contributed by atoms with Crippen LogP contribution in [0.2, 0.25) is 0 Å². The Labute approximate surface area is 171 Å². The molecular formula is C16H8N2O4S5. The Morgan fingerprint density at radius 2 is 1.15 bits per heavy atom. The molecule has 0 saturated heterocycles. The molecule has 0 saturated carbocycles. The van der Waals surface area contributed by atoms with Gasteiger partial charge in [0.2, 0.25) is 0 Å². The molecule has 2 amide bonds. The van der Waals surface area contributed by atoms with Crippen molar-refractivity contribution in [3.05, 3.63) is 54.5 Å². The van der Waals surface area contributed by atoms with Gasteiger partial charge in [0.05, 0.1) is 11.1 Å². The lowest BCUT2D eigenvalue weighted by Crippen LogP contribution is -2.39. The van der Waals surface area contributed by atoms with Crippen LogP contribution in [0, 0.1) is 0 Å². The second-order valence-corrected chi connectivity index (χ2v) is 11.5. The number of hydrogen-bond donors (Lipinski definition) is 0. The number of anilines is 2. The van der Waals surface area contributed by atoms with Crippen molar-refractivity contribution in [3.63, 3.8) is 0 Å². The van der Waals surface area contributed by atoms with Crippen LogP contribution >= 0.6 is 53.1 Å². The van der Waals surface area contributed by atoms with Crippen LogP contribution < -0.4 is 14.4 Å². The first-order chi connectivity index (χ1) is 13.1. The summed E-state index contributed by atoms with van der Waals surface area (Å²) in [5.74, 6) is -0.679. The van der Waals surface area contributed by atoms with E-state index in [1.165, 1.54) is 37.3 Å². The summed E-state index contributed by atoms with van der Waals surface area (Å²) in [7, 11) is 5.05. The van der Waals surface area contributed by atoms with E-state index >= 15 is 0 Å². The summed E-state index contributed by atoms with van der Waals surface area (Å²) >= 11 is 1.45. The molecule has 4 heterocycles. The summed E-state index contributed by atoms with van der Waals surface area (Å²) in [6.07, 6.45) is 0. The highest BCUT2D eigenvalue weighted by molar-refractivity contribution is 8.06. The maximum absolute atomic E-state index is 12.6. The quantitative estimate of drug-likeness (QED) is 0.447. The van der Waals surface area contributed by atoms with Crippen molar-refractivity contribution < 1.29 is 9.59 Å². The molecule has 2 aliphatic rings. The van der Waals surface area contributed by atoms with Crippen LogP contribution in [-0.2, 0) is 0 Å². The van der Waals surface area contributed by atoms with Crippen molar-refractivity contribution in [1.82, 2.24) is 4.90 Å². The largest absolute Gasteiger partial charge is 0.329 e. The normalized spacial score (nSPS) is 15.1. The Kier molecular flexibility index (Phi) is 4.09. The van der Waals surface area contributed by atoms with E-state index in [1.807, 2.05) is 0 Å². The highest BCUT2D eigenvalue weighted by Gasteiger charge is 2.37. The first-order valence-electron chi connectivity index (χ1n) is 7.73. The van der Waals surface area contributed by atoms with Gasteiger partial charge in [-0.1, -0.05) is 44.6 Å². The predicted molar refractivity (Wildman–Crippen MR) is 110 cm³/mol. The number of amides is 2. The molecule has 0 atom stereocenters. The minimum absolute atomic E-state index is 0.105. The van der Waals surface area contributed by atoms with Gasteiger partial charge in [0.1, 0.15) is 19.8 Å². The van der Waals surface area contributed by atoms with Gasteiger partial charge in [0.25, 0.3) is 21.3 Å². The number of rotatable bonds is 3. The van der Waals surface area contributed by atoms with Crippen molar-refractivity contribution in [3.8, 4) is 0 Å². The third kappa shape index (κ3) is 2.57. The highest BCUT2D eigenvalue weighted by Crippen LogP contribution is 2.51. The van der Waals surface area contributed by atoms with Crippen LogP contribution in [0.1, 0.15) is 20.7 Å². The molecule has 0 aliphatic carbocycles. The zero-order valence-electron chi connectivity index (χ0n) is 13.3. The zero-order chi connectivity index (χ0) is 18.7. The van der Waals surface area contributed by atoms with Gasteiger partial charge in [-0.3, -0.25) is 24.1 Å². The predicted octanol–water partition coefficient (Wildman–Crippen LogP) is 3.55. The maximum Gasteiger partial charge on any atom is 0.267 e. The van der Waals surface area contributed by atoms with E-state index in [2.05, 4.69) is 0 Å². The number of nitrogens with zero attached hydrogens (tertiary/aromatic N) is 2. The first kappa shape index (κ1) is 17.3. The summed E-state index contributed by atoms with van der Waals surface area (Å²) in [6.45, 7) is 0.319. The molecule has 0 fully saturated rings. The molecular weight excluding hydrogens is 445 g/mol. The molecule has 0 N–H and O–H groups in total. The average molecular weight is 453 g/mol. The Balaban J connectivity index is 1.49. The molecule has 5 rings (SSSR count). The molecule has 11 heteroatoms. The topological polar surface area (TPSA) is 74.8 Å². The molecule has 0 bridgehead atoms. The summed E-state index contributed by atoms with van der Waals surface area (Å²) in [5.41, 5.74) is 1.76. The summed E-state index contributed by atoms with van der Waals surface area (Å²) < 4.78 is 1.50. The smallest absolute Gasteiger partial charge is 0.267 e. The minimum Gasteiger partial charge on any atom is -0.329 e. The van der Waals surface area contributed by atoms with Gasteiger partial charge in [0, 0.05) is 13.1 Å². The highest BCUT2D eigenvalue weighted by atomic mass is 32.9. The van der Waals surface area contributed by atoms with Crippen LogP contribution in [0.25, 0.3) is 0 Å². The number of fused-ring (bicyclic) bond motifs is 3. The molecule has 1 aromatic carbocycles. The second-order valence-electron chi connectivity index (χ2n) is 5.74. The molecule has 2 aromatic heterocycles. The van der Waals surface area contributed by atoms with Gasteiger partial charge in [0.15, 0.2) is 0 Å².